The number of esters is 1. The van der Waals surface area contributed by atoms with Crippen molar-refractivity contribution in [2.24, 2.45) is 0 Å². The summed E-state index contributed by atoms with van der Waals surface area (Å²) < 4.78 is 18.2. The summed E-state index contributed by atoms with van der Waals surface area (Å²) in [6.45, 7) is 0. The first-order valence-electron chi connectivity index (χ1n) is 7.78. The van der Waals surface area contributed by atoms with Gasteiger partial charge in [0.1, 0.15) is 17.6 Å². The zero-order valence-corrected chi connectivity index (χ0v) is 12.6. The second kappa shape index (κ2) is 6.77. The van der Waals surface area contributed by atoms with Crippen LogP contribution in [0.2, 0.25) is 0 Å². The van der Waals surface area contributed by atoms with Crippen molar-refractivity contribution in [2.75, 3.05) is 0 Å². The summed E-state index contributed by atoms with van der Waals surface area (Å²) in [5, 5.41) is 3.12. The van der Waals surface area contributed by atoms with Crippen molar-refractivity contribution in [2.45, 2.75) is 37.8 Å². The summed E-state index contributed by atoms with van der Waals surface area (Å²) in [5.74, 6) is -1.12. The molecule has 1 aliphatic carbocycles. The van der Waals surface area contributed by atoms with Crippen LogP contribution in [0.25, 0.3) is 6.08 Å². The Morgan fingerprint density at radius 3 is 2.74 bits per heavy atom. The van der Waals surface area contributed by atoms with E-state index in [2.05, 4.69) is 5.32 Å². The van der Waals surface area contributed by atoms with Crippen molar-refractivity contribution in [1.82, 2.24) is 5.32 Å². The highest BCUT2D eigenvalue weighted by Gasteiger charge is 2.35. The molecule has 2 unspecified atom stereocenters. The average Bonchev–Trinajstić information content (AvgIpc) is 2.55. The summed E-state index contributed by atoms with van der Waals surface area (Å²) in [5.41, 5.74) is 0.923. The Balaban J connectivity index is 1.66. The molecule has 1 heterocycles. The van der Waals surface area contributed by atoms with Gasteiger partial charge in [0.05, 0.1) is 6.04 Å². The van der Waals surface area contributed by atoms with Gasteiger partial charge in [-0.05, 0) is 43.0 Å². The Labute approximate surface area is 134 Å². The lowest BCUT2D eigenvalue weighted by molar-refractivity contribution is -0.152. The van der Waals surface area contributed by atoms with Crippen molar-refractivity contribution in [3.8, 4) is 0 Å². The number of halogens is 1. The fraction of sp³-hybridized carbons (Fsp3) is 0.333. The molecule has 2 atom stereocenters. The van der Waals surface area contributed by atoms with Gasteiger partial charge in [-0.3, -0.25) is 4.79 Å². The molecule has 0 amide bonds. The Bertz CT molecular complexity index is 663. The van der Waals surface area contributed by atoms with E-state index in [0.29, 0.717) is 5.56 Å². The third-order valence-corrected chi connectivity index (χ3v) is 4.12. The molecule has 1 saturated carbocycles. The van der Waals surface area contributed by atoms with Crippen molar-refractivity contribution >= 4 is 17.8 Å². The van der Waals surface area contributed by atoms with Crippen molar-refractivity contribution in [3.63, 3.8) is 0 Å². The van der Waals surface area contributed by atoms with Gasteiger partial charge in [0.25, 0.3) is 0 Å². The van der Waals surface area contributed by atoms with Gasteiger partial charge >= 0.3 is 5.97 Å². The molecule has 1 aromatic carbocycles. The highest BCUT2D eigenvalue weighted by atomic mass is 19.1. The molecular weight excluding hydrogens is 297 g/mol. The van der Waals surface area contributed by atoms with Crippen LogP contribution in [-0.4, -0.2) is 23.9 Å². The lowest BCUT2D eigenvalue weighted by Gasteiger charge is -2.36. The van der Waals surface area contributed by atoms with E-state index in [-0.39, 0.29) is 29.4 Å². The smallest absolute Gasteiger partial charge is 0.354 e. The quantitative estimate of drug-likeness (QED) is 0.688. The normalized spacial score (nSPS) is 25.8. The van der Waals surface area contributed by atoms with E-state index in [0.717, 1.165) is 25.7 Å². The van der Waals surface area contributed by atoms with Crippen LogP contribution in [0.1, 0.15) is 31.2 Å². The lowest BCUT2D eigenvalue weighted by atomic mass is 9.91. The second-order valence-electron chi connectivity index (χ2n) is 5.82. The van der Waals surface area contributed by atoms with Gasteiger partial charge in [-0.2, -0.15) is 0 Å². The van der Waals surface area contributed by atoms with Crippen LogP contribution >= 0.6 is 0 Å². The van der Waals surface area contributed by atoms with E-state index in [1.165, 1.54) is 24.3 Å². The number of allylic oxidation sites excluding steroid dienone is 2. The van der Waals surface area contributed by atoms with Crippen LogP contribution in [0.3, 0.4) is 0 Å². The number of hydrogen-bond acceptors (Lipinski definition) is 4. The lowest BCUT2D eigenvalue weighted by Crippen LogP contribution is -2.50. The molecule has 0 radical (unpaired) electrons. The molecule has 4 nitrogen and oxygen atoms in total. The minimum Gasteiger partial charge on any atom is -0.456 e. The van der Waals surface area contributed by atoms with E-state index < -0.39 is 5.97 Å². The Hall–Kier alpha value is -2.43. The average molecular weight is 315 g/mol. The Morgan fingerprint density at radius 2 is 1.96 bits per heavy atom. The van der Waals surface area contributed by atoms with Gasteiger partial charge in [-0.15, -0.1) is 0 Å². The first-order chi connectivity index (χ1) is 11.1. The molecule has 0 bridgehead atoms. The van der Waals surface area contributed by atoms with Gasteiger partial charge < -0.3 is 10.1 Å². The Morgan fingerprint density at radius 1 is 1.22 bits per heavy atom. The standard InChI is InChI=1S/C18H18FNO3/c19-13-8-5-12(6-9-13)7-10-14(21)11-16-18(22)23-17-4-2-1-3-15(17)20-16/h5-11,15,17,20H,1-4H2/b10-7+,16-11-. The predicted molar refractivity (Wildman–Crippen MR) is 83.8 cm³/mol. The molecule has 1 aliphatic heterocycles. The van der Waals surface area contributed by atoms with E-state index in [4.69, 9.17) is 4.74 Å². The molecule has 3 rings (SSSR count). The number of morpholine rings is 1. The zero-order valence-electron chi connectivity index (χ0n) is 12.6. The number of benzene rings is 1. The molecule has 1 N–H and O–H groups in total. The first kappa shape index (κ1) is 15.5. The van der Waals surface area contributed by atoms with Gasteiger partial charge in [0, 0.05) is 6.08 Å². The monoisotopic (exact) mass is 315 g/mol. The molecule has 120 valence electrons. The number of carbonyl (C=O) groups excluding carboxylic acids is 2. The van der Waals surface area contributed by atoms with Crippen LogP contribution in [0.15, 0.2) is 42.1 Å². The summed E-state index contributed by atoms with van der Waals surface area (Å²) >= 11 is 0. The topological polar surface area (TPSA) is 55.4 Å². The fourth-order valence-corrected chi connectivity index (χ4v) is 2.91. The molecule has 0 spiro atoms. The maximum atomic E-state index is 12.8. The molecule has 23 heavy (non-hydrogen) atoms. The number of nitrogens with one attached hydrogen (secondary N) is 1. The van der Waals surface area contributed by atoms with Crippen molar-refractivity contribution < 1.29 is 18.7 Å². The third-order valence-electron chi connectivity index (χ3n) is 4.12. The predicted octanol–water partition coefficient (Wildman–Crippen LogP) is 2.75. The van der Waals surface area contributed by atoms with Gasteiger partial charge in [0.15, 0.2) is 5.78 Å². The van der Waals surface area contributed by atoms with Crippen LogP contribution in [0, 0.1) is 5.82 Å². The number of rotatable bonds is 3. The Kier molecular flexibility index (Phi) is 4.55. The molecule has 1 saturated heterocycles. The van der Waals surface area contributed by atoms with Crippen LogP contribution in [0.5, 0.6) is 0 Å². The molecule has 2 aliphatic rings. The number of hydrogen-bond donors (Lipinski definition) is 1. The molecule has 5 heteroatoms. The van der Waals surface area contributed by atoms with Gasteiger partial charge in [-0.25, -0.2) is 9.18 Å². The first-order valence-corrected chi connectivity index (χ1v) is 7.78. The molecular formula is C18H18FNO3. The zero-order chi connectivity index (χ0) is 16.2. The minimum absolute atomic E-state index is 0.0849. The van der Waals surface area contributed by atoms with Crippen LogP contribution in [-0.2, 0) is 14.3 Å². The van der Waals surface area contributed by atoms with E-state index in [9.17, 15) is 14.0 Å². The largest absolute Gasteiger partial charge is 0.456 e. The van der Waals surface area contributed by atoms with Crippen LogP contribution < -0.4 is 5.32 Å². The summed E-state index contributed by atoms with van der Waals surface area (Å²) in [6.07, 6.45) is 8.07. The number of fused-ring (bicyclic) bond motifs is 1. The third kappa shape index (κ3) is 3.86. The maximum Gasteiger partial charge on any atom is 0.354 e. The summed E-state index contributed by atoms with van der Waals surface area (Å²) in [4.78, 5) is 23.9. The summed E-state index contributed by atoms with van der Waals surface area (Å²) in [7, 11) is 0. The molecule has 1 aromatic rings. The van der Waals surface area contributed by atoms with Gasteiger partial charge in [0.2, 0.25) is 0 Å². The van der Waals surface area contributed by atoms with Crippen molar-refractivity contribution in [1.29, 1.82) is 0 Å². The second-order valence-corrected chi connectivity index (χ2v) is 5.82. The van der Waals surface area contributed by atoms with E-state index >= 15 is 0 Å². The number of ether oxygens (including phenoxy) is 1. The SMILES string of the molecule is O=C(/C=C1\NC2CCCCC2OC1=O)/C=C/c1ccc(F)cc1. The molecule has 0 aromatic heterocycles. The highest BCUT2D eigenvalue weighted by Crippen LogP contribution is 2.26. The van der Waals surface area contributed by atoms with Gasteiger partial charge in [-0.1, -0.05) is 24.6 Å². The van der Waals surface area contributed by atoms with E-state index in [1.54, 1.807) is 18.2 Å². The van der Waals surface area contributed by atoms with E-state index in [1.807, 2.05) is 0 Å². The number of carbonyl (C=O) groups is 2. The summed E-state index contributed by atoms with van der Waals surface area (Å²) in [6, 6.07) is 5.90. The fourth-order valence-electron chi connectivity index (χ4n) is 2.91. The minimum atomic E-state index is -0.475. The maximum absolute atomic E-state index is 12.8. The molecule has 2 fully saturated rings. The van der Waals surface area contributed by atoms with Crippen molar-refractivity contribution in [3.05, 3.63) is 53.5 Å². The number of ketones is 1. The van der Waals surface area contributed by atoms with Crippen LogP contribution in [0.4, 0.5) is 4.39 Å². The highest BCUT2D eigenvalue weighted by molar-refractivity contribution is 6.06.